The number of hydrogen-bond acceptors (Lipinski definition) is 4. The van der Waals surface area contributed by atoms with Gasteiger partial charge in [-0.1, -0.05) is 60.2 Å². The first-order valence-corrected chi connectivity index (χ1v) is 9.01. The molecule has 0 bridgehead atoms. The summed E-state index contributed by atoms with van der Waals surface area (Å²) in [5, 5.41) is 12.5. The monoisotopic (exact) mass is 338 g/mol. The second-order valence-electron chi connectivity index (χ2n) is 5.93. The molecule has 0 aliphatic rings. The number of aryl methyl sites for hydroxylation is 1. The highest BCUT2D eigenvalue weighted by atomic mass is 32.1. The first kappa shape index (κ1) is 16.8. The molecule has 3 aromatic rings. The second-order valence-corrected chi connectivity index (χ2v) is 6.79. The minimum absolute atomic E-state index is 0.155. The van der Waals surface area contributed by atoms with Crippen molar-refractivity contribution in [3.05, 3.63) is 76.8 Å². The van der Waals surface area contributed by atoms with Crippen LogP contribution in [0.2, 0.25) is 0 Å². The lowest BCUT2D eigenvalue weighted by molar-refractivity contribution is 0.183. The van der Waals surface area contributed by atoms with Gasteiger partial charge in [-0.05, 0) is 12.5 Å². The van der Waals surface area contributed by atoms with Crippen LogP contribution in [-0.4, -0.2) is 28.1 Å². The number of aliphatic hydroxyl groups excluding tert-OH is 1. The number of nitrogens with zero attached hydrogens (tertiary/aromatic N) is 2. The number of thiazole rings is 1. The van der Waals surface area contributed by atoms with Crippen molar-refractivity contribution in [2.45, 2.75) is 20.0 Å². The van der Waals surface area contributed by atoms with Gasteiger partial charge in [0.15, 0.2) is 0 Å². The van der Waals surface area contributed by atoms with Gasteiger partial charge in [0, 0.05) is 30.6 Å². The standard InChI is InChI=1S/C20H22N2OS/c1-16-7-9-18(10-8-16)20-21-19(15-24-20)14-22(11-12-23)13-17-5-3-2-4-6-17/h2-10,15,23H,11-14H2,1H3. The van der Waals surface area contributed by atoms with E-state index in [2.05, 4.69) is 53.6 Å². The number of aromatic nitrogens is 1. The summed E-state index contributed by atoms with van der Waals surface area (Å²) in [5.41, 5.74) is 4.72. The third kappa shape index (κ3) is 4.51. The van der Waals surface area contributed by atoms with Crippen LogP contribution in [0.3, 0.4) is 0 Å². The van der Waals surface area contributed by atoms with E-state index in [0.717, 1.165) is 29.4 Å². The molecule has 3 rings (SSSR count). The molecule has 0 spiro atoms. The molecule has 124 valence electrons. The summed E-state index contributed by atoms with van der Waals surface area (Å²) in [7, 11) is 0. The molecule has 0 atom stereocenters. The summed E-state index contributed by atoms with van der Waals surface area (Å²) in [6.07, 6.45) is 0. The average Bonchev–Trinajstić information content (AvgIpc) is 3.05. The maximum absolute atomic E-state index is 9.34. The van der Waals surface area contributed by atoms with Gasteiger partial charge >= 0.3 is 0 Å². The zero-order chi connectivity index (χ0) is 16.8. The maximum atomic E-state index is 9.34. The van der Waals surface area contributed by atoms with E-state index in [1.807, 2.05) is 18.2 Å². The van der Waals surface area contributed by atoms with Crippen molar-refractivity contribution in [2.75, 3.05) is 13.2 Å². The van der Waals surface area contributed by atoms with E-state index in [4.69, 9.17) is 4.98 Å². The summed E-state index contributed by atoms with van der Waals surface area (Å²) in [6.45, 7) is 4.46. The van der Waals surface area contributed by atoms with Crippen LogP contribution in [0, 0.1) is 6.92 Å². The van der Waals surface area contributed by atoms with Gasteiger partial charge < -0.3 is 5.11 Å². The summed E-state index contributed by atoms with van der Waals surface area (Å²) in [4.78, 5) is 6.99. The Morgan fingerprint density at radius 2 is 1.75 bits per heavy atom. The zero-order valence-electron chi connectivity index (χ0n) is 13.9. The van der Waals surface area contributed by atoms with Gasteiger partial charge in [0.1, 0.15) is 5.01 Å². The second kappa shape index (κ2) is 8.20. The topological polar surface area (TPSA) is 36.4 Å². The molecule has 0 aliphatic heterocycles. The van der Waals surface area contributed by atoms with Gasteiger partial charge in [-0.3, -0.25) is 4.90 Å². The molecule has 0 saturated carbocycles. The van der Waals surface area contributed by atoms with Gasteiger partial charge in [0.25, 0.3) is 0 Å². The molecule has 4 heteroatoms. The minimum atomic E-state index is 0.155. The molecule has 1 aromatic heterocycles. The Labute approximate surface area is 147 Å². The Morgan fingerprint density at radius 1 is 1.00 bits per heavy atom. The fraction of sp³-hybridized carbons (Fsp3) is 0.250. The van der Waals surface area contributed by atoms with Crippen molar-refractivity contribution < 1.29 is 5.11 Å². The number of aliphatic hydroxyl groups is 1. The third-order valence-electron chi connectivity index (χ3n) is 3.90. The van der Waals surface area contributed by atoms with E-state index in [1.165, 1.54) is 11.1 Å². The lowest BCUT2D eigenvalue weighted by Gasteiger charge is -2.20. The van der Waals surface area contributed by atoms with Crippen LogP contribution in [0.1, 0.15) is 16.8 Å². The highest BCUT2D eigenvalue weighted by Gasteiger charge is 2.10. The summed E-state index contributed by atoms with van der Waals surface area (Å²) in [5.74, 6) is 0. The lowest BCUT2D eigenvalue weighted by Crippen LogP contribution is -2.26. The van der Waals surface area contributed by atoms with E-state index in [0.29, 0.717) is 6.54 Å². The molecule has 0 radical (unpaired) electrons. The fourth-order valence-corrected chi connectivity index (χ4v) is 3.45. The van der Waals surface area contributed by atoms with Gasteiger partial charge in [-0.15, -0.1) is 11.3 Å². The first-order chi connectivity index (χ1) is 11.7. The van der Waals surface area contributed by atoms with E-state index in [9.17, 15) is 5.11 Å². The zero-order valence-corrected chi connectivity index (χ0v) is 14.7. The van der Waals surface area contributed by atoms with Crippen LogP contribution in [0.4, 0.5) is 0 Å². The van der Waals surface area contributed by atoms with Crippen molar-refractivity contribution in [2.24, 2.45) is 0 Å². The normalized spacial score (nSPS) is 11.1. The molecule has 0 fully saturated rings. The molecule has 2 aromatic carbocycles. The van der Waals surface area contributed by atoms with Crippen LogP contribution in [0.25, 0.3) is 10.6 Å². The van der Waals surface area contributed by atoms with Crippen LogP contribution in [0.5, 0.6) is 0 Å². The third-order valence-corrected chi connectivity index (χ3v) is 4.84. The molecule has 3 nitrogen and oxygen atoms in total. The Kier molecular flexibility index (Phi) is 5.75. The lowest BCUT2D eigenvalue weighted by atomic mass is 10.2. The van der Waals surface area contributed by atoms with Gasteiger partial charge in [-0.25, -0.2) is 4.98 Å². The summed E-state index contributed by atoms with van der Waals surface area (Å²) in [6, 6.07) is 18.8. The van der Waals surface area contributed by atoms with Crippen LogP contribution in [-0.2, 0) is 13.1 Å². The SMILES string of the molecule is Cc1ccc(-c2nc(CN(CCO)Cc3ccccc3)cs2)cc1. The van der Waals surface area contributed by atoms with E-state index < -0.39 is 0 Å². The Morgan fingerprint density at radius 3 is 2.46 bits per heavy atom. The van der Waals surface area contributed by atoms with E-state index in [1.54, 1.807) is 11.3 Å². The van der Waals surface area contributed by atoms with Crippen molar-refractivity contribution in [1.29, 1.82) is 0 Å². The predicted molar refractivity (Wildman–Crippen MR) is 99.9 cm³/mol. The minimum Gasteiger partial charge on any atom is -0.395 e. The summed E-state index contributed by atoms with van der Waals surface area (Å²) < 4.78 is 0. The largest absolute Gasteiger partial charge is 0.395 e. The highest BCUT2D eigenvalue weighted by Crippen LogP contribution is 2.24. The van der Waals surface area contributed by atoms with E-state index in [-0.39, 0.29) is 6.61 Å². The van der Waals surface area contributed by atoms with Crippen LogP contribution >= 0.6 is 11.3 Å². The van der Waals surface area contributed by atoms with Crippen LogP contribution in [0.15, 0.2) is 60.0 Å². The fourth-order valence-electron chi connectivity index (χ4n) is 2.63. The molecule has 1 heterocycles. The predicted octanol–water partition coefficient (Wildman–Crippen LogP) is 4.11. The number of rotatable bonds is 7. The molecule has 0 aliphatic carbocycles. The molecule has 0 saturated heterocycles. The highest BCUT2D eigenvalue weighted by molar-refractivity contribution is 7.13. The van der Waals surface area contributed by atoms with Gasteiger partial charge in [0.2, 0.25) is 0 Å². The van der Waals surface area contributed by atoms with E-state index >= 15 is 0 Å². The Bertz CT molecular complexity index is 753. The molecular weight excluding hydrogens is 316 g/mol. The Hall–Kier alpha value is -2.01. The van der Waals surface area contributed by atoms with Crippen molar-refractivity contribution in [3.63, 3.8) is 0 Å². The smallest absolute Gasteiger partial charge is 0.123 e. The molecular formula is C20H22N2OS. The van der Waals surface area contributed by atoms with Crippen LogP contribution < -0.4 is 0 Å². The summed E-state index contributed by atoms with van der Waals surface area (Å²) >= 11 is 1.67. The maximum Gasteiger partial charge on any atom is 0.123 e. The van der Waals surface area contributed by atoms with Gasteiger partial charge in [0.05, 0.1) is 12.3 Å². The number of hydrogen-bond donors (Lipinski definition) is 1. The average molecular weight is 338 g/mol. The van der Waals surface area contributed by atoms with Crippen molar-refractivity contribution >= 4 is 11.3 Å². The molecule has 24 heavy (non-hydrogen) atoms. The number of benzene rings is 2. The molecule has 1 N–H and O–H groups in total. The quantitative estimate of drug-likeness (QED) is 0.704. The van der Waals surface area contributed by atoms with Gasteiger partial charge in [-0.2, -0.15) is 0 Å². The van der Waals surface area contributed by atoms with Crippen molar-refractivity contribution in [3.8, 4) is 10.6 Å². The molecule has 0 amide bonds. The van der Waals surface area contributed by atoms with Crippen molar-refractivity contribution in [1.82, 2.24) is 9.88 Å². The Balaban J connectivity index is 1.70. The molecule has 0 unspecified atom stereocenters. The first-order valence-electron chi connectivity index (χ1n) is 8.13.